The van der Waals surface area contributed by atoms with E-state index in [1.54, 1.807) is 16.7 Å². The highest BCUT2D eigenvalue weighted by Crippen LogP contribution is 2.33. The van der Waals surface area contributed by atoms with Crippen LogP contribution in [0, 0.1) is 5.92 Å². The molecule has 0 bridgehead atoms. The van der Waals surface area contributed by atoms with E-state index in [-0.39, 0.29) is 0 Å². The molecule has 1 aliphatic heterocycles. The van der Waals surface area contributed by atoms with E-state index in [0.717, 1.165) is 19.5 Å². The van der Waals surface area contributed by atoms with E-state index in [1.165, 1.54) is 87.3 Å². The van der Waals surface area contributed by atoms with Crippen LogP contribution in [-0.4, -0.2) is 13.1 Å². The molecule has 2 unspecified atom stereocenters. The number of unbranched alkanes of at least 4 members (excludes halogenated alkanes) is 4. The maximum absolute atomic E-state index is 3.70. The minimum atomic E-state index is 0.660. The molecule has 0 spiro atoms. The summed E-state index contributed by atoms with van der Waals surface area (Å²) in [6.45, 7) is 11.1. The van der Waals surface area contributed by atoms with Crippen molar-refractivity contribution in [1.82, 2.24) is 5.32 Å². The summed E-state index contributed by atoms with van der Waals surface area (Å²) in [6, 6.07) is 17.1. The van der Waals surface area contributed by atoms with E-state index in [1.807, 2.05) is 0 Å². The van der Waals surface area contributed by atoms with Gasteiger partial charge in [-0.1, -0.05) is 112 Å². The summed E-state index contributed by atoms with van der Waals surface area (Å²) in [5.74, 6) is 1.33. The monoisotopic (exact) mass is 525 g/mol. The molecule has 2 aromatic carbocycles. The average Bonchev–Trinajstić information content (AvgIpc) is 2.97. The van der Waals surface area contributed by atoms with Gasteiger partial charge in [-0.05, 0) is 124 Å². The van der Waals surface area contributed by atoms with E-state index in [2.05, 4.69) is 106 Å². The van der Waals surface area contributed by atoms with Gasteiger partial charge in [0.2, 0.25) is 0 Å². The third-order valence-corrected chi connectivity index (χ3v) is 8.63. The van der Waals surface area contributed by atoms with Crippen molar-refractivity contribution in [1.29, 1.82) is 0 Å². The van der Waals surface area contributed by atoms with Gasteiger partial charge in [0.25, 0.3) is 0 Å². The van der Waals surface area contributed by atoms with Crippen LogP contribution in [0.15, 0.2) is 78.4 Å². The van der Waals surface area contributed by atoms with Crippen molar-refractivity contribution in [2.45, 2.75) is 111 Å². The van der Waals surface area contributed by atoms with Gasteiger partial charge >= 0.3 is 0 Å². The molecule has 2 atom stereocenters. The molecule has 1 saturated heterocycles. The number of piperidine rings is 1. The molecular weight excluding hydrogens is 470 g/mol. The summed E-state index contributed by atoms with van der Waals surface area (Å²) in [6.07, 6.45) is 25.8. The first-order chi connectivity index (χ1) is 19.2. The van der Waals surface area contributed by atoms with Crippen LogP contribution < -0.4 is 5.32 Å². The number of hydrogen-bond donors (Lipinski definition) is 1. The fraction of sp³-hybridized carbons (Fsp3) is 0.526. The van der Waals surface area contributed by atoms with Crippen LogP contribution in [-0.2, 0) is 25.7 Å². The van der Waals surface area contributed by atoms with Gasteiger partial charge in [-0.25, -0.2) is 0 Å². The second-order valence-corrected chi connectivity index (χ2v) is 11.5. The van der Waals surface area contributed by atoms with Crippen molar-refractivity contribution in [2.24, 2.45) is 5.92 Å². The first-order valence-electron chi connectivity index (χ1n) is 16.0. The van der Waals surface area contributed by atoms with Crippen molar-refractivity contribution < 1.29 is 0 Å². The quantitative estimate of drug-likeness (QED) is 0.170. The molecule has 1 fully saturated rings. The average molecular weight is 526 g/mol. The predicted octanol–water partition coefficient (Wildman–Crippen LogP) is 10.1. The van der Waals surface area contributed by atoms with Gasteiger partial charge in [0.1, 0.15) is 0 Å². The molecule has 1 N–H and O–H groups in total. The summed E-state index contributed by atoms with van der Waals surface area (Å²) >= 11 is 0. The van der Waals surface area contributed by atoms with Gasteiger partial charge < -0.3 is 5.32 Å². The molecule has 1 nitrogen and oxygen atoms in total. The second-order valence-electron chi connectivity index (χ2n) is 11.5. The van der Waals surface area contributed by atoms with E-state index >= 15 is 0 Å². The summed E-state index contributed by atoms with van der Waals surface area (Å²) < 4.78 is 0. The van der Waals surface area contributed by atoms with Gasteiger partial charge in [-0.2, -0.15) is 0 Å². The highest BCUT2D eigenvalue weighted by molar-refractivity contribution is 5.34. The van der Waals surface area contributed by atoms with Crippen molar-refractivity contribution in [3.63, 3.8) is 0 Å². The normalized spacial score (nSPS) is 18.4. The number of nitrogens with one attached hydrogen (secondary N) is 1. The van der Waals surface area contributed by atoms with E-state index in [4.69, 9.17) is 0 Å². The zero-order chi connectivity index (χ0) is 27.7. The Morgan fingerprint density at radius 1 is 0.846 bits per heavy atom. The van der Waals surface area contributed by atoms with Crippen LogP contribution in [0.1, 0.15) is 113 Å². The number of allylic oxidation sites excluding steroid dienone is 6. The Morgan fingerprint density at radius 3 is 2.38 bits per heavy atom. The molecule has 0 aromatic heterocycles. The molecule has 1 aliphatic rings. The fourth-order valence-corrected chi connectivity index (χ4v) is 6.19. The molecule has 2 aromatic rings. The fourth-order valence-electron chi connectivity index (χ4n) is 6.19. The maximum Gasteiger partial charge on any atom is -0.00115 e. The largest absolute Gasteiger partial charge is 0.316 e. The Kier molecular flexibility index (Phi) is 14.4. The summed E-state index contributed by atoms with van der Waals surface area (Å²) in [7, 11) is 0. The molecule has 212 valence electrons. The van der Waals surface area contributed by atoms with Gasteiger partial charge in [-0.15, -0.1) is 0 Å². The Balaban J connectivity index is 1.49. The molecule has 3 rings (SSSR count). The number of benzene rings is 2. The van der Waals surface area contributed by atoms with Crippen molar-refractivity contribution in [2.75, 3.05) is 13.1 Å². The third-order valence-electron chi connectivity index (χ3n) is 8.63. The number of aryl methyl sites for hydroxylation is 3. The minimum Gasteiger partial charge on any atom is -0.316 e. The third kappa shape index (κ3) is 10.6. The highest BCUT2D eigenvalue weighted by Gasteiger charge is 2.26. The van der Waals surface area contributed by atoms with E-state index in [0.29, 0.717) is 11.8 Å². The highest BCUT2D eigenvalue weighted by atomic mass is 14.9. The molecule has 1 heterocycles. The predicted molar refractivity (Wildman–Crippen MR) is 173 cm³/mol. The standard InChI is InChI=1S/C38H55N/c1-5-9-13-16-31(7-3)17-14-11-12-15-18-32-20-24-35(25-21-32)38-26-27-39-30-37(38)29-33-22-23-34(8-4)36(28-33)19-10-6-2/h5,7,9,13,16,20-25,28,37-39H,6,8,10-12,14-15,17-19,26-27,29-30H2,1-4H3/b9-5-,16-13-,31-7-. The zero-order valence-electron chi connectivity index (χ0n) is 25.5. The van der Waals surface area contributed by atoms with Gasteiger partial charge in [0.15, 0.2) is 0 Å². The van der Waals surface area contributed by atoms with Crippen molar-refractivity contribution >= 4 is 0 Å². The van der Waals surface area contributed by atoms with Gasteiger partial charge in [0.05, 0.1) is 0 Å². The summed E-state index contributed by atoms with van der Waals surface area (Å²) in [5.41, 5.74) is 9.17. The maximum atomic E-state index is 3.70. The van der Waals surface area contributed by atoms with Crippen LogP contribution in [0.3, 0.4) is 0 Å². The molecular formula is C38H55N. The Bertz CT molecular complexity index is 1040. The smallest absolute Gasteiger partial charge is 0.00115 e. The van der Waals surface area contributed by atoms with Crippen molar-refractivity contribution in [3.8, 4) is 0 Å². The minimum absolute atomic E-state index is 0.660. The second kappa shape index (κ2) is 18.1. The zero-order valence-corrected chi connectivity index (χ0v) is 25.5. The van der Waals surface area contributed by atoms with E-state index < -0.39 is 0 Å². The van der Waals surface area contributed by atoms with Crippen LogP contribution in [0.2, 0.25) is 0 Å². The van der Waals surface area contributed by atoms with E-state index in [9.17, 15) is 0 Å². The van der Waals surface area contributed by atoms with Crippen molar-refractivity contribution in [3.05, 3.63) is 106 Å². The van der Waals surface area contributed by atoms with Gasteiger partial charge in [0, 0.05) is 0 Å². The first-order valence-corrected chi connectivity index (χ1v) is 16.0. The van der Waals surface area contributed by atoms with Crippen LogP contribution in [0.5, 0.6) is 0 Å². The molecule has 1 heteroatoms. The lowest BCUT2D eigenvalue weighted by Gasteiger charge is -2.33. The lowest BCUT2D eigenvalue weighted by molar-refractivity contribution is 0.324. The topological polar surface area (TPSA) is 12.0 Å². The van der Waals surface area contributed by atoms with Crippen LogP contribution >= 0.6 is 0 Å². The number of rotatable bonds is 16. The summed E-state index contributed by atoms with van der Waals surface area (Å²) in [4.78, 5) is 0. The molecule has 39 heavy (non-hydrogen) atoms. The molecule has 0 saturated carbocycles. The lowest BCUT2D eigenvalue weighted by Crippen LogP contribution is -2.36. The Hall–Kier alpha value is -2.38. The Morgan fingerprint density at radius 2 is 1.64 bits per heavy atom. The SMILES string of the molecule is C\C=C/C=C\C(=C\C)CCCCCCc1ccc(C2CCNCC2Cc2ccc(CC)c(CCCC)c2)cc1. The first kappa shape index (κ1) is 31.2. The van der Waals surface area contributed by atoms with Gasteiger partial charge in [-0.3, -0.25) is 0 Å². The lowest BCUT2D eigenvalue weighted by atomic mass is 9.77. The molecule has 0 amide bonds. The molecule has 0 radical (unpaired) electrons. The van der Waals surface area contributed by atoms with Crippen LogP contribution in [0.25, 0.3) is 0 Å². The Labute approximate surface area is 240 Å². The number of hydrogen-bond acceptors (Lipinski definition) is 1. The molecule has 0 aliphatic carbocycles. The van der Waals surface area contributed by atoms with Crippen LogP contribution in [0.4, 0.5) is 0 Å². The summed E-state index contributed by atoms with van der Waals surface area (Å²) in [5, 5.41) is 3.70.